The fourth-order valence-electron chi connectivity index (χ4n) is 0.869. The molecule has 0 aliphatic rings. The molecule has 1 atom stereocenters. The molecule has 1 aromatic rings. The van der Waals surface area contributed by atoms with Crippen LogP contribution in [0.3, 0.4) is 0 Å². The monoisotopic (exact) mass is 188 g/mol. The zero-order valence-electron chi connectivity index (χ0n) is 6.43. The lowest BCUT2D eigenvalue weighted by Crippen LogP contribution is -1.87. The van der Waals surface area contributed by atoms with Crippen molar-refractivity contribution in [3.05, 3.63) is 28.8 Å². The summed E-state index contributed by atoms with van der Waals surface area (Å²) in [7, 11) is -0.934. The molecule has 1 rings (SSSR count). The lowest BCUT2D eigenvalue weighted by molar-refractivity contribution is 0.686. The first-order valence-electron chi connectivity index (χ1n) is 3.20. The van der Waals surface area contributed by atoms with Crippen LogP contribution in [0.5, 0.6) is 0 Å². The topological polar surface area (TPSA) is 17.1 Å². The smallest absolute Gasteiger partial charge is 0.0498 e. The van der Waals surface area contributed by atoms with Crippen LogP contribution in [0, 0.1) is 6.92 Å². The standard InChI is InChI=1S/C8H9ClOS/c1-6-3-7(9)5-8(4-6)11(2)10/h3-5H,1-2H3. The first-order chi connectivity index (χ1) is 5.09. The second kappa shape index (κ2) is 3.37. The van der Waals surface area contributed by atoms with Crippen LogP contribution >= 0.6 is 11.6 Å². The second-order valence-electron chi connectivity index (χ2n) is 2.42. The Balaban J connectivity index is 3.19. The van der Waals surface area contributed by atoms with Gasteiger partial charge in [-0.05, 0) is 30.7 Å². The lowest BCUT2D eigenvalue weighted by Gasteiger charge is -1.98. The Morgan fingerprint density at radius 2 is 2.00 bits per heavy atom. The number of aryl methyl sites for hydroxylation is 1. The molecular weight excluding hydrogens is 180 g/mol. The molecule has 0 radical (unpaired) electrons. The highest BCUT2D eigenvalue weighted by molar-refractivity contribution is 7.84. The van der Waals surface area contributed by atoms with Gasteiger partial charge in [0.25, 0.3) is 0 Å². The summed E-state index contributed by atoms with van der Waals surface area (Å²) >= 11 is 5.76. The zero-order chi connectivity index (χ0) is 8.43. The van der Waals surface area contributed by atoms with E-state index in [9.17, 15) is 4.21 Å². The van der Waals surface area contributed by atoms with Gasteiger partial charge in [0, 0.05) is 27.0 Å². The predicted molar refractivity (Wildman–Crippen MR) is 48.5 cm³/mol. The summed E-state index contributed by atoms with van der Waals surface area (Å²) in [5.41, 5.74) is 1.04. The molecule has 0 spiro atoms. The molecule has 1 unspecified atom stereocenters. The minimum Gasteiger partial charge on any atom is -0.255 e. The maximum Gasteiger partial charge on any atom is 0.0498 e. The van der Waals surface area contributed by atoms with Crippen LogP contribution in [0.25, 0.3) is 0 Å². The molecule has 11 heavy (non-hydrogen) atoms. The van der Waals surface area contributed by atoms with Crippen molar-refractivity contribution in [2.24, 2.45) is 0 Å². The summed E-state index contributed by atoms with van der Waals surface area (Å²) in [6.45, 7) is 1.93. The average molecular weight is 189 g/mol. The van der Waals surface area contributed by atoms with Crippen LogP contribution in [0.2, 0.25) is 5.02 Å². The molecule has 0 aromatic heterocycles. The molecule has 60 valence electrons. The minimum absolute atomic E-state index is 0.648. The third-order valence-corrected chi connectivity index (χ3v) is 2.47. The van der Waals surface area contributed by atoms with Crippen molar-refractivity contribution < 1.29 is 4.21 Å². The Hall–Kier alpha value is -0.340. The minimum atomic E-state index is -0.934. The van der Waals surface area contributed by atoms with Gasteiger partial charge < -0.3 is 0 Å². The second-order valence-corrected chi connectivity index (χ2v) is 4.23. The lowest BCUT2D eigenvalue weighted by atomic mass is 10.2. The van der Waals surface area contributed by atoms with Gasteiger partial charge in [-0.25, -0.2) is 0 Å². The van der Waals surface area contributed by atoms with Crippen molar-refractivity contribution in [1.82, 2.24) is 0 Å². The van der Waals surface area contributed by atoms with E-state index in [0.29, 0.717) is 5.02 Å². The van der Waals surface area contributed by atoms with Crippen molar-refractivity contribution >= 4 is 22.4 Å². The third-order valence-electron chi connectivity index (χ3n) is 1.35. The highest BCUT2D eigenvalue weighted by Gasteiger charge is 1.98. The SMILES string of the molecule is Cc1cc(Cl)cc(S(C)=O)c1. The maximum absolute atomic E-state index is 11.0. The van der Waals surface area contributed by atoms with E-state index >= 15 is 0 Å². The van der Waals surface area contributed by atoms with Gasteiger partial charge in [0.1, 0.15) is 0 Å². The number of halogens is 1. The quantitative estimate of drug-likeness (QED) is 0.662. The van der Waals surface area contributed by atoms with E-state index in [4.69, 9.17) is 11.6 Å². The number of benzene rings is 1. The number of hydrogen-bond donors (Lipinski definition) is 0. The Morgan fingerprint density at radius 1 is 1.36 bits per heavy atom. The van der Waals surface area contributed by atoms with Gasteiger partial charge in [-0.1, -0.05) is 11.6 Å². The highest BCUT2D eigenvalue weighted by atomic mass is 35.5. The van der Waals surface area contributed by atoms with E-state index in [1.807, 2.05) is 19.1 Å². The number of hydrogen-bond acceptors (Lipinski definition) is 1. The largest absolute Gasteiger partial charge is 0.255 e. The van der Waals surface area contributed by atoms with Crippen molar-refractivity contribution in [1.29, 1.82) is 0 Å². The summed E-state index contributed by atoms with van der Waals surface area (Å²) in [5.74, 6) is 0. The van der Waals surface area contributed by atoms with Gasteiger partial charge in [0.05, 0.1) is 0 Å². The Labute approximate surface area is 73.8 Å². The van der Waals surface area contributed by atoms with Crippen LogP contribution in [-0.4, -0.2) is 10.5 Å². The summed E-state index contributed by atoms with van der Waals surface area (Å²) in [6, 6.07) is 5.45. The molecule has 1 aromatic carbocycles. The first kappa shape index (κ1) is 8.75. The normalized spacial score (nSPS) is 13.0. The molecule has 0 heterocycles. The molecule has 0 saturated carbocycles. The van der Waals surface area contributed by atoms with Gasteiger partial charge in [0.2, 0.25) is 0 Å². The Morgan fingerprint density at radius 3 is 2.45 bits per heavy atom. The molecule has 0 bridgehead atoms. The van der Waals surface area contributed by atoms with Crippen molar-refractivity contribution in [3.8, 4) is 0 Å². The summed E-state index contributed by atoms with van der Waals surface area (Å²) in [5, 5.41) is 0.648. The fraction of sp³-hybridized carbons (Fsp3) is 0.250. The highest BCUT2D eigenvalue weighted by Crippen LogP contribution is 2.16. The average Bonchev–Trinajstić information content (AvgIpc) is 1.85. The van der Waals surface area contributed by atoms with E-state index < -0.39 is 10.8 Å². The first-order valence-corrected chi connectivity index (χ1v) is 5.14. The van der Waals surface area contributed by atoms with Gasteiger partial charge in [-0.3, -0.25) is 4.21 Å². The van der Waals surface area contributed by atoms with Crippen LogP contribution in [0.4, 0.5) is 0 Å². The van der Waals surface area contributed by atoms with Crippen LogP contribution in [0.15, 0.2) is 23.1 Å². The van der Waals surface area contributed by atoms with E-state index in [-0.39, 0.29) is 0 Å². The summed E-state index contributed by atoms with van der Waals surface area (Å²) < 4.78 is 11.0. The van der Waals surface area contributed by atoms with Gasteiger partial charge in [-0.15, -0.1) is 0 Å². The maximum atomic E-state index is 11.0. The van der Waals surface area contributed by atoms with E-state index in [1.165, 1.54) is 0 Å². The third kappa shape index (κ3) is 2.31. The van der Waals surface area contributed by atoms with Crippen molar-refractivity contribution in [3.63, 3.8) is 0 Å². The van der Waals surface area contributed by atoms with Crippen molar-refractivity contribution in [2.45, 2.75) is 11.8 Å². The van der Waals surface area contributed by atoms with Crippen LogP contribution < -0.4 is 0 Å². The Bertz CT molecular complexity index is 276. The molecule has 1 nitrogen and oxygen atoms in total. The van der Waals surface area contributed by atoms with Gasteiger partial charge in [-0.2, -0.15) is 0 Å². The van der Waals surface area contributed by atoms with Crippen LogP contribution in [-0.2, 0) is 10.8 Å². The molecule has 0 aliphatic carbocycles. The molecule has 3 heteroatoms. The zero-order valence-corrected chi connectivity index (χ0v) is 8.00. The number of rotatable bonds is 1. The van der Waals surface area contributed by atoms with Gasteiger partial charge >= 0.3 is 0 Å². The van der Waals surface area contributed by atoms with Crippen molar-refractivity contribution in [2.75, 3.05) is 6.26 Å². The predicted octanol–water partition coefficient (Wildman–Crippen LogP) is 2.39. The van der Waals surface area contributed by atoms with E-state index in [0.717, 1.165) is 10.5 Å². The molecule has 0 amide bonds. The Kier molecular flexibility index (Phi) is 2.68. The molecule has 0 N–H and O–H groups in total. The molecular formula is C8H9ClOS. The van der Waals surface area contributed by atoms with E-state index in [1.54, 1.807) is 12.3 Å². The summed E-state index contributed by atoms with van der Waals surface area (Å²) in [4.78, 5) is 0.787. The molecule has 0 fully saturated rings. The summed E-state index contributed by atoms with van der Waals surface area (Å²) in [6.07, 6.45) is 1.64. The fourth-order valence-corrected chi connectivity index (χ4v) is 1.87. The molecule has 0 aliphatic heterocycles. The van der Waals surface area contributed by atoms with Gasteiger partial charge in [0.15, 0.2) is 0 Å². The van der Waals surface area contributed by atoms with Crippen LogP contribution in [0.1, 0.15) is 5.56 Å². The van der Waals surface area contributed by atoms with E-state index in [2.05, 4.69) is 0 Å². The molecule has 0 saturated heterocycles.